The van der Waals surface area contributed by atoms with E-state index in [4.69, 9.17) is 14.2 Å². The molecule has 1 aromatic heterocycles. The molecule has 0 saturated carbocycles. The molecule has 0 radical (unpaired) electrons. The molecule has 1 N–H and O–H groups in total. The van der Waals surface area contributed by atoms with Gasteiger partial charge in [-0.3, -0.25) is 14.6 Å². The summed E-state index contributed by atoms with van der Waals surface area (Å²) in [6.45, 7) is 1.09. The zero-order valence-electron chi connectivity index (χ0n) is 16.5. The van der Waals surface area contributed by atoms with E-state index in [0.717, 1.165) is 0 Å². The second-order valence-electron chi connectivity index (χ2n) is 6.65. The minimum atomic E-state index is -0.622. The molecular formula is C21H25N3O5. The first-order valence-electron chi connectivity index (χ1n) is 9.40. The van der Waals surface area contributed by atoms with Gasteiger partial charge in [0, 0.05) is 31.8 Å². The third kappa shape index (κ3) is 5.23. The highest BCUT2D eigenvalue weighted by Crippen LogP contribution is 2.25. The van der Waals surface area contributed by atoms with Crippen LogP contribution in [0.3, 0.4) is 0 Å². The van der Waals surface area contributed by atoms with Crippen molar-refractivity contribution >= 4 is 11.8 Å². The van der Waals surface area contributed by atoms with Crippen molar-refractivity contribution in [1.29, 1.82) is 0 Å². The van der Waals surface area contributed by atoms with Gasteiger partial charge >= 0.3 is 0 Å². The number of likely N-dealkylation sites (tertiary alicyclic amines) is 1. The van der Waals surface area contributed by atoms with E-state index in [2.05, 4.69) is 10.3 Å². The molecule has 2 heterocycles. The van der Waals surface area contributed by atoms with Crippen LogP contribution in [-0.2, 0) is 9.53 Å². The van der Waals surface area contributed by atoms with Crippen LogP contribution in [-0.4, -0.2) is 67.8 Å². The molecule has 0 spiro atoms. The van der Waals surface area contributed by atoms with Gasteiger partial charge in [-0.05, 0) is 36.4 Å². The monoisotopic (exact) mass is 399 g/mol. The van der Waals surface area contributed by atoms with Crippen LogP contribution in [0.25, 0.3) is 0 Å². The Kier molecular flexibility index (Phi) is 7.02. The third-order valence-electron chi connectivity index (χ3n) is 4.71. The molecule has 1 aromatic carbocycles. The van der Waals surface area contributed by atoms with E-state index in [1.54, 1.807) is 67.9 Å². The van der Waals surface area contributed by atoms with E-state index >= 15 is 0 Å². The molecule has 0 bridgehead atoms. The fourth-order valence-electron chi connectivity index (χ4n) is 3.26. The van der Waals surface area contributed by atoms with Gasteiger partial charge in [-0.15, -0.1) is 0 Å². The SMILES string of the molecule is COCCNC(=O)[C@@H]1C[C@H](Oc2cccnc2)CN1C(=O)c1ccc(OC)cc1. The Balaban J connectivity index is 1.75. The van der Waals surface area contributed by atoms with Crippen LogP contribution in [0.4, 0.5) is 0 Å². The van der Waals surface area contributed by atoms with Crippen LogP contribution < -0.4 is 14.8 Å². The first-order valence-corrected chi connectivity index (χ1v) is 9.40. The molecule has 0 aliphatic carbocycles. The first-order chi connectivity index (χ1) is 14.1. The molecule has 154 valence electrons. The van der Waals surface area contributed by atoms with Crippen molar-refractivity contribution in [2.24, 2.45) is 0 Å². The molecule has 1 aliphatic heterocycles. The number of amides is 2. The van der Waals surface area contributed by atoms with E-state index < -0.39 is 6.04 Å². The summed E-state index contributed by atoms with van der Waals surface area (Å²) in [5.74, 6) is 0.822. The zero-order valence-corrected chi connectivity index (χ0v) is 16.5. The lowest BCUT2D eigenvalue weighted by molar-refractivity contribution is -0.125. The summed E-state index contributed by atoms with van der Waals surface area (Å²) in [6, 6.07) is 9.78. The zero-order chi connectivity index (χ0) is 20.6. The molecule has 8 heteroatoms. The number of nitrogens with zero attached hydrogens (tertiary/aromatic N) is 2. The van der Waals surface area contributed by atoms with E-state index in [0.29, 0.717) is 43.2 Å². The molecule has 2 atom stereocenters. The Hall–Kier alpha value is -3.13. The quantitative estimate of drug-likeness (QED) is 0.677. The number of carbonyl (C=O) groups is 2. The van der Waals surface area contributed by atoms with Crippen molar-refractivity contribution in [1.82, 2.24) is 15.2 Å². The first kappa shape index (κ1) is 20.6. The Morgan fingerprint density at radius 1 is 1.17 bits per heavy atom. The third-order valence-corrected chi connectivity index (χ3v) is 4.71. The van der Waals surface area contributed by atoms with Gasteiger partial charge in [-0.25, -0.2) is 0 Å². The van der Waals surface area contributed by atoms with Gasteiger partial charge in [-0.1, -0.05) is 0 Å². The maximum atomic E-state index is 13.1. The molecule has 0 unspecified atom stereocenters. The average molecular weight is 399 g/mol. The second-order valence-corrected chi connectivity index (χ2v) is 6.65. The van der Waals surface area contributed by atoms with Crippen molar-refractivity contribution < 1.29 is 23.8 Å². The lowest BCUT2D eigenvalue weighted by Gasteiger charge is -2.23. The summed E-state index contributed by atoms with van der Waals surface area (Å²) in [4.78, 5) is 31.4. The highest BCUT2D eigenvalue weighted by Gasteiger charge is 2.41. The summed E-state index contributed by atoms with van der Waals surface area (Å²) in [6.07, 6.45) is 3.36. The number of pyridine rings is 1. The Bertz CT molecular complexity index is 813. The molecular weight excluding hydrogens is 374 g/mol. The topological polar surface area (TPSA) is 90.0 Å². The van der Waals surface area contributed by atoms with Gasteiger partial charge in [-0.2, -0.15) is 0 Å². The lowest BCUT2D eigenvalue weighted by Crippen LogP contribution is -2.46. The summed E-state index contributed by atoms with van der Waals surface area (Å²) in [7, 11) is 3.14. The number of rotatable bonds is 8. The highest BCUT2D eigenvalue weighted by atomic mass is 16.5. The molecule has 1 aliphatic rings. The number of nitrogens with one attached hydrogen (secondary N) is 1. The van der Waals surface area contributed by atoms with Crippen LogP contribution in [0, 0.1) is 0 Å². The van der Waals surface area contributed by atoms with E-state index in [9.17, 15) is 9.59 Å². The van der Waals surface area contributed by atoms with Crippen molar-refractivity contribution in [2.45, 2.75) is 18.6 Å². The summed E-state index contributed by atoms with van der Waals surface area (Å²) in [5.41, 5.74) is 0.488. The van der Waals surface area contributed by atoms with Crippen LogP contribution in [0.15, 0.2) is 48.8 Å². The van der Waals surface area contributed by atoms with Gasteiger partial charge < -0.3 is 24.4 Å². The number of aromatic nitrogens is 1. The maximum Gasteiger partial charge on any atom is 0.254 e. The smallest absolute Gasteiger partial charge is 0.254 e. The van der Waals surface area contributed by atoms with Crippen LogP contribution >= 0.6 is 0 Å². The maximum absolute atomic E-state index is 13.1. The van der Waals surface area contributed by atoms with E-state index in [1.165, 1.54) is 0 Å². The summed E-state index contributed by atoms with van der Waals surface area (Å²) < 4.78 is 16.1. The second kappa shape index (κ2) is 9.88. The Labute approximate surface area is 169 Å². The minimum absolute atomic E-state index is 0.221. The van der Waals surface area contributed by atoms with Gasteiger partial charge in [0.25, 0.3) is 5.91 Å². The van der Waals surface area contributed by atoms with Gasteiger partial charge in [0.05, 0.1) is 26.5 Å². The molecule has 1 fully saturated rings. The number of hydrogen-bond donors (Lipinski definition) is 1. The molecule has 2 amide bonds. The van der Waals surface area contributed by atoms with Crippen molar-refractivity contribution in [2.75, 3.05) is 33.9 Å². The fraction of sp³-hybridized carbons (Fsp3) is 0.381. The number of ether oxygens (including phenoxy) is 3. The Morgan fingerprint density at radius 3 is 2.62 bits per heavy atom. The molecule has 3 rings (SSSR count). The van der Waals surface area contributed by atoms with Crippen molar-refractivity contribution in [3.05, 3.63) is 54.4 Å². The predicted octanol–water partition coefficient (Wildman–Crippen LogP) is 1.51. The predicted molar refractivity (Wildman–Crippen MR) is 106 cm³/mol. The number of hydrogen-bond acceptors (Lipinski definition) is 6. The molecule has 29 heavy (non-hydrogen) atoms. The largest absolute Gasteiger partial charge is 0.497 e. The van der Waals surface area contributed by atoms with E-state index in [-0.39, 0.29) is 17.9 Å². The lowest BCUT2D eigenvalue weighted by atomic mass is 10.1. The molecule has 1 saturated heterocycles. The van der Waals surface area contributed by atoms with Gasteiger partial charge in [0.15, 0.2) is 0 Å². The average Bonchev–Trinajstić information content (AvgIpc) is 3.18. The standard InChI is InChI=1S/C21H25N3O5/c1-27-11-10-23-20(25)19-12-18(29-17-4-3-9-22-13-17)14-24(19)21(26)15-5-7-16(28-2)8-6-15/h3-9,13,18-19H,10-12,14H2,1-2H3,(H,23,25)/t18-,19-/m0/s1. The van der Waals surface area contributed by atoms with E-state index in [1.807, 2.05) is 0 Å². The van der Waals surface area contributed by atoms with Crippen LogP contribution in [0.1, 0.15) is 16.8 Å². The highest BCUT2D eigenvalue weighted by molar-refractivity contribution is 5.98. The van der Waals surface area contributed by atoms with Gasteiger partial charge in [0.2, 0.25) is 5.91 Å². The van der Waals surface area contributed by atoms with Crippen molar-refractivity contribution in [3.8, 4) is 11.5 Å². The van der Waals surface area contributed by atoms with Crippen LogP contribution in [0.2, 0.25) is 0 Å². The minimum Gasteiger partial charge on any atom is -0.497 e. The summed E-state index contributed by atoms with van der Waals surface area (Å²) in [5, 5.41) is 2.82. The van der Waals surface area contributed by atoms with Crippen LogP contribution in [0.5, 0.6) is 11.5 Å². The number of carbonyl (C=O) groups excluding carboxylic acids is 2. The molecule has 2 aromatic rings. The molecule has 8 nitrogen and oxygen atoms in total. The van der Waals surface area contributed by atoms with Gasteiger partial charge in [0.1, 0.15) is 23.6 Å². The Morgan fingerprint density at radius 2 is 1.97 bits per heavy atom. The van der Waals surface area contributed by atoms with Crippen molar-refractivity contribution in [3.63, 3.8) is 0 Å². The number of methoxy groups -OCH3 is 2. The fourth-order valence-corrected chi connectivity index (χ4v) is 3.26. The normalized spacial score (nSPS) is 18.3. The summed E-state index contributed by atoms with van der Waals surface area (Å²) >= 11 is 0. The number of benzene rings is 1.